The van der Waals surface area contributed by atoms with Gasteiger partial charge >= 0.3 is 0 Å². The number of nitrogens with zero attached hydrogens (tertiary/aromatic N) is 2. The van der Waals surface area contributed by atoms with Gasteiger partial charge in [-0.15, -0.1) is 0 Å². The van der Waals surface area contributed by atoms with Crippen LogP contribution in [0.2, 0.25) is 10.0 Å². The van der Waals surface area contributed by atoms with Crippen molar-refractivity contribution >= 4 is 44.6 Å². The minimum Gasteiger partial charge on any atom is -0.463 e. The maximum absolute atomic E-state index is 13.5. The van der Waals surface area contributed by atoms with Gasteiger partial charge in [-0.3, -0.25) is 10.1 Å². The molecule has 0 saturated heterocycles. The summed E-state index contributed by atoms with van der Waals surface area (Å²) in [7, 11) is -4.36. The molecule has 0 N–H and O–H groups in total. The molecule has 3 aromatic carbocycles. The van der Waals surface area contributed by atoms with Crippen LogP contribution in [0.4, 0.5) is 11.4 Å². The van der Waals surface area contributed by atoms with E-state index in [4.69, 9.17) is 27.9 Å². The lowest BCUT2D eigenvalue weighted by Crippen LogP contribution is -2.34. The third-order valence-corrected chi connectivity index (χ3v) is 6.93. The van der Waals surface area contributed by atoms with Crippen molar-refractivity contribution in [1.29, 1.82) is 0 Å². The second-order valence-electron chi connectivity index (χ2n) is 6.14. The van der Waals surface area contributed by atoms with Crippen molar-refractivity contribution in [2.75, 3.05) is 4.31 Å². The largest absolute Gasteiger partial charge is 0.463 e. The van der Waals surface area contributed by atoms with E-state index in [0.717, 1.165) is 10.4 Å². The molecule has 7 nitrogen and oxygen atoms in total. The van der Waals surface area contributed by atoms with Crippen molar-refractivity contribution in [1.82, 2.24) is 0 Å². The molecule has 0 bridgehead atoms. The molecule has 4 rings (SSSR count). The second kappa shape index (κ2) is 7.22. The molecule has 0 saturated carbocycles. The van der Waals surface area contributed by atoms with Crippen molar-refractivity contribution < 1.29 is 18.1 Å². The normalized spacial score (nSPS) is 15.7. The Bertz CT molecular complexity index is 1230. The third-order valence-electron chi connectivity index (χ3n) is 4.38. The maximum atomic E-state index is 13.5. The van der Waals surface area contributed by atoms with Gasteiger partial charge in [0.2, 0.25) is 6.23 Å². The molecule has 148 valence electrons. The summed E-state index contributed by atoms with van der Waals surface area (Å²) in [6.07, 6.45) is -1.10. The molecule has 0 aromatic heterocycles. The van der Waals surface area contributed by atoms with E-state index in [1.165, 1.54) is 30.3 Å². The highest BCUT2D eigenvalue weighted by Gasteiger charge is 2.43. The molecule has 0 radical (unpaired) electrons. The number of ether oxygens (including phenoxy) is 1. The molecule has 1 aliphatic heterocycles. The number of fused-ring (bicyclic) bond motifs is 1. The van der Waals surface area contributed by atoms with Gasteiger partial charge in [0.25, 0.3) is 15.7 Å². The molecule has 3 aromatic rings. The van der Waals surface area contributed by atoms with E-state index in [9.17, 15) is 18.5 Å². The van der Waals surface area contributed by atoms with Gasteiger partial charge in [0.1, 0.15) is 5.75 Å². The molecular formula is C19H12Cl2N2O5S. The number of halogens is 2. The number of nitro groups is 1. The van der Waals surface area contributed by atoms with Gasteiger partial charge in [-0.05, 0) is 30.3 Å². The van der Waals surface area contributed by atoms with Crippen molar-refractivity contribution in [3.63, 3.8) is 0 Å². The SMILES string of the molecule is O=[N+]([O-])c1ccccc1S(=O)(=O)N1c2ccccc2OC1c1ccc(Cl)c(Cl)c1. The minimum absolute atomic E-state index is 0.228. The highest BCUT2D eigenvalue weighted by Crippen LogP contribution is 2.47. The summed E-state index contributed by atoms with van der Waals surface area (Å²) in [5.74, 6) is 0.325. The first-order chi connectivity index (χ1) is 13.8. The summed E-state index contributed by atoms with van der Waals surface area (Å²) < 4.78 is 34.0. The van der Waals surface area contributed by atoms with E-state index < -0.39 is 31.8 Å². The quantitative estimate of drug-likeness (QED) is 0.402. The zero-order chi connectivity index (χ0) is 20.8. The van der Waals surface area contributed by atoms with Crippen LogP contribution in [0.5, 0.6) is 5.75 Å². The molecule has 0 aliphatic carbocycles. The summed E-state index contributed by atoms with van der Waals surface area (Å²) in [5, 5.41) is 12.0. The Hall–Kier alpha value is -2.81. The maximum Gasteiger partial charge on any atom is 0.289 e. The second-order valence-corrected chi connectivity index (χ2v) is 8.73. The molecule has 1 aliphatic rings. The first-order valence-corrected chi connectivity index (χ1v) is 10.5. The topological polar surface area (TPSA) is 89.8 Å². The van der Waals surface area contributed by atoms with Crippen LogP contribution in [0.1, 0.15) is 11.8 Å². The zero-order valence-corrected chi connectivity index (χ0v) is 16.9. The average molecular weight is 451 g/mol. The van der Waals surface area contributed by atoms with Gasteiger partial charge in [-0.1, -0.05) is 53.5 Å². The highest BCUT2D eigenvalue weighted by molar-refractivity contribution is 7.93. The van der Waals surface area contributed by atoms with Gasteiger partial charge in [-0.25, -0.2) is 12.7 Å². The number of hydrogen-bond acceptors (Lipinski definition) is 5. The number of anilines is 1. The molecule has 1 heterocycles. The number of hydrogen-bond donors (Lipinski definition) is 0. The fourth-order valence-electron chi connectivity index (χ4n) is 3.09. The standard InChI is InChI=1S/C19H12Cl2N2O5S/c20-13-10-9-12(11-14(13)21)19-22(15-5-1-3-7-17(15)28-19)29(26,27)18-8-4-2-6-16(18)23(24)25/h1-11,19H. The Balaban J connectivity index is 1.92. The van der Waals surface area contributed by atoms with Crippen LogP contribution in [-0.4, -0.2) is 13.3 Å². The summed E-state index contributed by atoms with van der Waals surface area (Å²) >= 11 is 12.1. The van der Waals surface area contributed by atoms with Crippen LogP contribution >= 0.6 is 23.2 Å². The first-order valence-electron chi connectivity index (χ1n) is 8.29. The molecule has 0 spiro atoms. The Morgan fingerprint density at radius 3 is 2.38 bits per heavy atom. The van der Waals surface area contributed by atoms with Crippen LogP contribution in [-0.2, 0) is 10.0 Å². The lowest BCUT2D eigenvalue weighted by molar-refractivity contribution is -0.387. The zero-order valence-electron chi connectivity index (χ0n) is 14.5. The predicted molar refractivity (Wildman–Crippen MR) is 109 cm³/mol. The van der Waals surface area contributed by atoms with Gasteiger partial charge in [0, 0.05) is 11.6 Å². The van der Waals surface area contributed by atoms with E-state index >= 15 is 0 Å². The van der Waals surface area contributed by atoms with E-state index in [1.807, 2.05) is 0 Å². The average Bonchev–Trinajstić information content (AvgIpc) is 3.10. The Morgan fingerprint density at radius 2 is 1.66 bits per heavy atom. The number of nitro benzene ring substituents is 1. The molecule has 1 unspecified atom stereocenters. The van der Waals surface area contributed by atoms with Crippen LogP contribution in [0, 0.1) is 10.1 Å². The third kappa shape index (κ3) is 3.29. The Labute approximate surface area is 176 Å². The van der Waals surface area contributed by atoms with Crippen LogP contribution in [0.3, 0.4) is 0 Å². The summed E-state index contributed by atoms with van der Waals surface area (Å²) in [4.78, 5) is 10.3. The van der Waals surface area contributed by atoms with Gasteiger partial charge in [0.15, 0.2) is 4.90 Å². The minimum atomic E-state index is -4.36. The number of benzene rings is 3. The monoisotopic (exact) mass is 450 g/mol. The smallest absolute Gasteiger partial charge is 0.289 e. The molecule has 10 heteroatoms. The lowest BCUT2D eigenvalue weighted by Gasteiger charge is -2.25. The molecule has 0 fully saturated rings. The van der Waals surface area contributed by atoms with Gasteiger partial charge in [-0.2, -0.15) is 0 Å². The first kappa shape index (κ1) is 19.5. The number of para-hydroxylation sites is 3. The lowest BCUT2D eigenvalue weighted by atomic mass is 10.2. The molecule has 29 heavy (non-hydrogen) atoms. The van der Waals surface area contributed by atoms with E-state index in [1.54, 1.807) is 30.3 Å². The molecule has 0 amide bonds. The Morgan fingerprint density at radius 1 is 0.966 bits per heavy atom. The summed E-state index contributed by atoms with van der Waals surface area (Å²) in [5.41, 5.74) is 0.171. The van der Waals surface area contributed by atoms with Crippen LogP contribution in [0.15, 0.2) is 71.6 Å². The van der Waals surface area contributed by atoms with Crippen LogP contribution < -0.4 is 9.04 Å². The van der Waals surface area contributed by atoms with E-state index in [2.05, 4.69) is 0 Å². The van der Waals surface area contributed by atoms with Crippen LogP contribution in [0.25, 0.3) is 0 Å². The number of sulfonamides is 1. The summed E-state index contributed by atoms with van der Waals surface area (Å²) in [6, 6.07) is 16.3. The fraction of sp³-hybridized carbons (Fsp3) is 0.0526. The molecule has 1 atom stereocenters. The van der Waals surface area contributed by atoms with E-state index in [-0.39, 0.29) is 10.7 Å². The van der Waals surface area contributed by atoms with Gasteiger partial charge in [0.05, 0.1) is 20.7 Å². The van der Waals surface area contributed by atoms with Crippen molar-refractivity contribution in [2.45, 2.75) is 11.1 Å². The summed E-state index contributed by atoms with van der Waals surface area (Å²) in [6.45, 7) is 0. The van der Waals surface area contributed by atoms with Crippen molar-refractivity contribution in [3.8, 4) is 5.75 Å². The van der Waals surface area contributed by atoms with E-state index in [0.29, 0.717) is 16.3 Å². The fourth-order valence-corrected chi connectivity index (χ4v) is 5.09. The predicted octanol–water partition coefficient (Wildman–Crippen LogP) is 5.19. The van der Waals surface area contributed by atoms with Crippen molar-refractivity contribution in [3.05, 3.63) is 92.5 Å². The number of rotatable bonds is 4. The molecular weight excluding hydrogens is 439 g/mol. The highest BCUT2D eigenvalue weighted by atomic mass is 35.5. The Kier molecular flexibility index (Phi) is 4.85. The van der Waals surface area contributed by atoms with Crippen molar-refractivity contribution in [2.24, 2.45) is 0 Å². The van der Waals surface area contributed by atoms with Gasteiger partial charge < -0.3 is 4.74 Å².